The van der Waals surface area contributed by atoms with Crippen LogP contribution >= 0.6 is 11.8 Å². The maximum Gasteiger partial charge on any atom is 0.294 e. The Morgan fingerprint density at radius 2 is 1.61 bits per heavy atom. The molecule has 0 saturated carbocycles. The van der Waals surface area contributed by atoms with E-state index in [4.69, 9.17) is 0 Å². The molecular weight excluding hydrogens is 494 g/mol. The van der Waals surface area contributed by atoms with E-state index < -0.39 is 5.91 Å². The molecule has 4 aromatic rings. The Balaban J connectivity index is 1.25. The van der Waals surface area contributed by atoms with Gasteiger partial charge in [0.2, 0.25) is 5.91 Å². The Bertz CT molecular complexity index is 1580. The van der Waals surface area contributed by atoms with Crippen LogP contribution in [0.3, 0.4) is 0 Å². The number of carbonyl (C=O) groups is 3. The van der Waals surface area contributed by atoms with Crippen LogP contribution in [0.1, 0.15) is 36.8 Å². The van der Waals surface area contributed by atoms with Gasteiger partial charge >= 0.3 is 0 Å². The first-order valence-electron chi connectivity index (χ1n) is 13.2. The Labute approximate surface area is 225 Å². The lowest BCUT2D eigenvalue weighted by Crippen LogP contribution is -2.42. The second kappa shape index (κ2) is 10.5. The van der Waals surface area contributed by atoms with Crippen LogP contribution in [-0.4, -0.2) is 51.1 Å². The minimum atomic E-state index is -0.394. The SMILES string of the molecule is O=C(CN1C(=O)SC(=Cc2cn(Cc3ccc4ccccc4c3)c3ccccc23)C1=O)N1CCCCCC1. The molecule has 2 aliphatic rings. The van der Waals surface area contributed by atoms with Gasteiger partial charge in [0, 0.05) is 42.3 Å². The van der Waals surface area contributed by atoms with Crippen LogP contribution in [0, 0.1) is 0 Å². The zero-order chi connectivity index (χ0) is 26.1. The number of thioether (sulfide) groups is 1. The van der Waals surface area contributed by atoms with E-state index in [-0.39, 0.29) is 17.7 Å². The van der Waals surface area contributed by atoms with Crippen LogP contribution in [0.2, 0.25) is 0 Å². The molecule has 3 heterocycles. The predicted octanol–water partition coefficient (Wildman–Crippen LogP) is 6.28. The van der Waals surface area contributed by atoms with Crippen LogP contribution in [0.5, 0.6) is 0 Å². The molecule has 2 saturated heterocycles. The molecule has 6 nitrogen and oxygen atoms in total. The largest absolute Gasteiger partial charge is 0.342 e. The van der Waals surface area contributed by atoms with Crippen molar-refractivity contribution in [3.8, 4) is 0 Å². The van der Waals surface area contributed by atoms with Crippen molar-refractivity contribution in [2.75, 3.05) is 19.6 Å². The van der Waals surface area contributed by atoms with Crippen molar-refractivity contribution < 1.29 is 14.4 Å². The smallest absolute Gasteiger partial charge is 0.294 e. The lowest BCUT2D eigenvalue weighted by atomic mass is 10.1. The Kier molecular flexibility index (Phi) is 6.77. The van der Waals surface area contributed by atoms with Gasteiger partial charge in [-0.25, -0.2) is 0 Å². The summed E-state index contributed by atoms with van der Waals surface area (Å²) in [5, 5.41) is 3.04. The summed E-state index contributed by atoms with van der Waals surface area (Å²) in [5.74, 6) is -0.544. The molecule has 0 N–H and O–H groups in total. The highest BCUT2D eigenvalue weighted by molar-refractivity contribution is 8.18. The number of carbonyl (C=O) groups excluding carboxylic acids is 3. The van der Waals surface area contributed by atoms with Crippen molar-refractivity contribution in [2.45, 2.75) is 32.2 Å². The normalized spacial score (nSPS) is 17.6. The highest BCUT2D eigenvalue weighted by atomic mass is 32.2. The second-order valence-electron chi connectivity index (χ2n) is 9.97. The molecule has 6 rings (SSSR count). The van der Waals surface area contributed by atoms with Crippen molar-refractivity contribution >= 4 is 56.6 Å². The molecule has 3 aromatic carbocycles. The van der Waals surface area contributed by atoms with E-state index in [9.17, 15) is 14.4 Å². The molecule has 0 bridgehead atoms. The third-order valence-corrected chi connectivity index (χ3v) is 8.31. The first-order valence-corrected chi connectivity index (χ1v) is 14.0. The summed E-state index contributed by atoms with van der Waals surface area (Å²) >= 11 is 0.911. The third-order valence-electron chi connectivity index (χ3n) is 7.40. The number of likely N-dealkylation sites (tertiary alicyclic amines) is 1. The molecule has 7 heteroatoms. The third kappa shape index (κ3) is 4.86. The van der Waals surface area contributed by atoms with Gasteiger partial charge in [-0.3, -0.25) is 19.3 Å². The highest BCUT2D eigenvalue weighted by Crippen LogP contribution is 2.34. The van der Waals surface area contributed by atoms with Gasteiger partial charge in [-0.2, -0.15) is 0 Å². The molecule has 192 valence electrons. The number of rotatable bonds is 5. The standard InChI is InChI=1S/C31H29N3O3S/c35-29(32-15-7-1-2-8-16-32)21-34-30(36)28(38-31(34)37)18-25-20-33(27-12-6-5-11-26(25)27)19-22-13-14-23-9-3-4-10-24(23)17-22/h3-6,9-14,17-18,20H,1-2,7-8,15-16,19,21H2. The first kappa shape index (κ1) is 24.5. The molecule has 0 spiro atoms. The molecule has 0 radical (unpaired) electrons. The van der Waals surface area contributed by atoms with Gasteiger partial charge in [0.1, 0.15) is 6.54 Å². The van der Waals surface area contributed by atoms with E-state index in [1.165, 1.54) is 16.3 Å². The molecular formula is C31H29N3O3S. The number of amides is 3. The van der Waals surface area contributed by atoms with Gasteiger partial charge in [0.25, 0.3) is 11.1 Å². The number of fused-ring (bicyclic) bond motifs is 2. The highest BCUT2D eigenvalue weighted by Gasteiger charge is 2.37. The first-order chi connectivity index (χ1) is 18.6. The maximum atomic E-state index is 13.2. The quantitative estimate of drug-likeness (QED) is 0.289. The zero-order valence-electron chi connectivity index (χ0n) is 21.1. The van der Waals surface area contributed by atoms with Crippen LogP contribution in [0.4, 0.5) is 4.79 Å². The average Bonchev–Trinajstić information content (AvgIpc) is 3.24. The Morgan fingerprint density at radius 1 is 0.868 bits per heavy atom. The maximum absolute atomic E-state index is 13.2. The molecule has 0 aliphatic carbocycles. The van der Waals surface area contributed by atoms with Gasteiger partial charge in [-0.1, -0.05) is 67.4 Å². The summed E-state index contributed by atoms with van der Waals surface area (Å²) in [7, 11) is 0. The molecule has 1 aromatic heterocycles. The number of nitrogens with zero attached hydrogens (tertiary/aromatic N) is 3. The Hall–Kier alpha value is -3.84. The average molecular weight is 524 g/mol. The van der Waals surface area contributed by atoms with Crippen LogP contribution in [0.25, 0.3) is 27.8 Å². The number of hydrogen-bond acceptors (Lipinski definition) is 4. The lowest BCUT2D eigenvalue weighted by Gasteiger charge is -2.22. The fourth-order valence-electron chi connectivity index (χ4n) is 5.39. The minimum absolute atomic E-state index is 0.151. The fourth-order valence-corrected chi connectivity index (χ4v) is 6.22. The molecule has 2 aliphatic heterocycles. The topological polar surface area (TPSA) is 62.6 Å². The van der Waals surface area contributed by atoms with Crippen molar-refractivity contribution in [3.63, 3.8) is 0 Å². The zero-order valence-corrected chi connectivity index (χ0v) is 22.0. The van der Waals surface area contributed by atoms with Crippen molar-refractivity contribution in [1.29, 1.82) is 0 Å². The number of aromatic nitrogens is 1. The van der Waals surface area contributed by atoms with Crippen molar-refractivity contribution in [1.82, 2.24) is 14.4 Å². The van der Waals surface area contributed by atoms with E-state index in [1.807, 2.05) is 36.5 Å². The molecule has 2 fully saturated rings. The van der Waals surface area contributed by atoms with Crippen LogP contribution in [-0.2, 0) is 16.1 Å². The summed E-state index contributed by atoms with van der Waals surface area (Å²) in [6.45, 7) is 1.89. The van der Waals surface area contributed by atoms with Gasteiger partial charge in [-0.05, 0) is 59.1 Å². The van der Waals surface area contributed by atoms with Gasteiger partial charge in [0.05, 0.1) is 4.91 Å². The van der Waals surface area contributed by atoms with E-state index >= 15 is 0 Å². The molecule has 3 amide bonds. The summed E-state index contributed by atoms with van der Waals surface area (Å²) in [4.78, 5) is 42.0. The van der Waals surface area contributed by atoms with E-state index in [2.05, 4.69) is 41.0 Å². The van der Waals surface area contributed by atoms with Gasteiger partial charge < -0.3 is 9.47 Å². The van der Waals surface area contributed by atoms with E-state index in [0.29, 0.717) is 24.5 Å². The number of hydrogen-bond donors (Lipinski definition) is 0. The van der Waals surface area contributed by atoms with Gasteiger partial charge in [-0.15, -0.1) is 0 Å². The van der Waals surface area contributed by atoms with Crippen LogP contribution in [0.15, 0.2) is 77.8 Å². The monoisotopic (exact) mass is 523 g/mol. The number of imide groups is 1. The minimum Gasteiger partial charge on any atom is -0.342 e. The summed E-state index contributed by atoms with van der Waals surface area (Å²) < 4.78 is 2.18. The van der Waals surface area contributed by atoms with Crippen LogP contribution < -0.4 is 0 Å². The lowest BCUT2D eigenvalue weighted by molar-refractivity contribution is -0.135. The fraction of sp³-hybridized carbons (Fsp3) is 0.258. The number of para-hydroxylation sites is 1. The number of benzene rings is 3. The second-order valence-corrected chi connectivity index (χ2v) is 11.0. The molecule has 0 unspecified atom stereocenters. The molecule has 0 atom stereocenters. The van der Waals surface area contributed by atoms with E-state index in [0.717, 1.165) is 58.8 Å². The summed E-state index contributed by atoms with van der Waals surface area (Å²) in [6.07, 6.45) is 8.00. The predicted molar refractivity (Wildman–Crippen MR) is 153 cm³/mol. The summed E-state index contributed by atoms with van der Waals surface area (Å²) in [6, 6.07) is 22.9. The van der Waals surface area contributed by atoms with Crippen molar-refractivity contribution in [2.24, 2.45) is 0 Å². The van der Waals surface area contributed by atoms with Crippen molar-refractivity contribution in [3.05, 3.63) is 89.0 Å². The van der Waals surface area contributed by atoms with E-state index in [1.54, 1.807) is 11.0 Å². The summed E-state index contributed by atoms with van der Waals surface area (Å²) in [5.41, 5.74) is 3.12. The van der Waals surface area contributed by atoms with Gasteiger partial charge in [0.15, 0.2) is 0 Å². The molecule has 38 heavy (non-hydrogen) atoms. The Morgan fingerprint density at radius 3 is 2.42 bits per heavy atom.